The van der Waals surface area contributed by atoms with Crippen LogP contribution >= 0.6 is 30.8 Å². The highest BCUT2D eigenvalue weighted by molar-refractivity contribution is 7.52. The minimum Gasteiger partial charge on any atom is -0.324 e. The van der Waals surface area contributed by atoms with Crippen molar-refractivity contribution in [3.8, 4) is 0 Å². The van der Waals surface area contributed by atoms with Crippen LogP contribution in [0.3, 0.4) is 0 Å². The summed E-state index contributed by atoms with van der Waals surface area (Å²) in [4.78, 5) is 18.0. The Morgan fingerprint density at radius 2 is 1.77 bits per heavy atom. The van der Waals surface area contributed by atoms with Crippen LogP contribution in [0.15, 0.2) is 30.3 Å². The number of rotatable bonds is 6. The average molecular weight is 418 g/mol. The predicted octanol–water partition coefficient (Wildman–Crippen LogP) is 5.39. The molecule has 0 saturated heterocycles. The van der Waals surface area contributed by atoms with Gasteiger partial charge in [-0.2, -0.15) is 0 Å². The lowest BCUT2D eigenvalue weighted by atomic mass is 9.96. The minimum absolute atomic E-state index is 0.0383. The average Bonchev–Trinajstić information content (AvgIpc) is 2.50. The van der Waals surface area contributed by atoms with E-state index in [1.54, 1.807) is 12.1 Å². The van der Waals surface area contributed by atoms with Crippen molar-refractivity contribution in [2.75, 3.05) is 6.16 Å². The zero-order valence-electron chi connectivity index (χ0n) is 14.3. The van der Waals surface area contributed by atoms with Crippen LogP contribution in [0.4, 0.5) is 4.39 Å². The van der Waals surface area contributed by atoms with Crippen molar-refractivity contribution in [2.45, 2.75) is 26.2 Å². The molecule has 0 radical (unpaired) electrons. The van der Waals surface area contributed by atoms with Crippen molar-refractivity contribution in [2.24, 2.45) is 0 Å². The first-order valence-corrected chi connectivity index (χ1v) is 10.4. The van der Waals surface area contributed by atoms with E-state index in [2.05, 4.69) is 0 Å². The summed E-state index contributed by atoms with van der Waals surface area (Å²) in [6, 6.07) is 7.78. The van der Waals surface area contributed by atoms with E-state index in [9.17, 15) is 8.96 Å². The largest absolute Gasteiger partial charge is 0.331 e. The van der Waals surface area contributed by atoms with Crippen LogP contribution in [-0.2, 0) is 11.0 Å². The third-order valence-corrected chi connectivity index (χ3v) is 5.32. The van der Waals surface area contributed by atoms with E-state index in [1.807, 2.05) is 13.8 Å². The van der Waals surface area contributed by atoms with E-state index < -0.39 is 13.8 Å². The van der Waals surface area contributed by atoms with E-state index in [1.165, 1.54) is 18.2 Å². The lowest BCUT2D eigenvalue weighted by Gasteiger charge is -2.13. The SMILES string of the molecule is CC(C)c1cc(Cc2c(Cl)cc(C(=N)CP(=O)(O)O)cc2Cl)ccc1F. The second-order valence-electron chi connectivity index (χ2n) is 6.41. The summed E-state index contributed by atoms with van der Waals surface area (Å²) >= 11 is 12.6. The van der Waals surface area contributed by atoms with Gasteiger partial charge in [-0.3, -0.25) is 4.57 Å². The van der Waals surface area contributed by atoms with Crippen LogP contribution in [-0.4, -0.2) is 21.7 Å². The van der Waals surface area contributed by atoms with Gasteiger partial charge in [0.15, 0.2) is 0 Å². The van der Waals surface area contributed by atoms with Crippen molar-refractivity contribution in [1.29, 1.82) is 5.41 Å². The molecule has 0 fully saturated rings. The summed E-state index contributed by atoms with van der Waals surface area (Å²) < 4.78 is 24.9. The fourth-order valence-electron chi connectivity index (χ4n) is 2.59. The van der Waals surface area contributed by atoms with Crippen molar-refractivity contribution < 1.29 is 18.7 Å². The van der Waals surface area contributed by atoms with Crippen LogP contribution in [0.5, 0.6) is 0 Å². The van der Waals surface area contributed by atoms with Gasteiger partial charge in [0, 0.05) is 16.5 Å². The summed E-state index contributed by atoms with van der Waals surface area (Å²) in [7, 11) is -4.35. The molecule has 0 amide bonds. The molecular formula is C18H19Cl2FNO3P. The maximum absolute atomic E-state index is 13.9. The van der Waals surface area contributed by atoms with Crippen molar-refractivity contribution >= 4 is 36.5 Å². The van der Waals surface area contributed by atoms with Crippen molar-refractivity contribution in [3.63, 3.8) is 0 Å². The Kier molecular flexibility index (Phi) is 6.65. The first kappa shape index (κ1) is 21.1. The van der Waals surface area contributed by atoms with E-state index in [0.717, 1.165) is 5.56 Å². The zero-order valence-corrected chi connectivity index (χ0v) is 16.7. The molecule has 26 heavy (non-hydrogen) atoms. The minimum atomic E-state index is -4.35. The predicted molar refractivity (Wildman–Crippen MR) is 103 cm³/mol. The van der Waals surface area contributed by atoms with E-state index in [-0.39, 0.29) is 23.0 Å². The summed E-state index contributed by atoms with van der Waals surface area (Å²) in [6.45, 7) is 3.81. The van der Waals surface area contributed by atoms with Crippen LogP contribution < -0.4 is 0 Å². The Labute approximate surface area is 161 Å². The van der Waals surface area contributed by atoms with Gasteiger partial charge in [-0.05, 0) is 46.4 Å². The van der Waals surface area contributed by atoms with Crippen LogP contribution in [0, 0.1) is 11.2 Å². The summed E-state index contributed by atoms with van der Waals surface area (Å²) in [5.41, 5.74) is 2.08. The Hall–Kier alpha value is -1.23. The fourth-order valence-corrected chi connectivity index (χ4v) is 3.81. The number of nitrogens with one attached hydrogen (secondary N) is 1. The van der Waals surface area contributed by atoms with Crippen LogP contribution in [0.1, 0.15) is 42.0 Å². The fraction of sp³-hybridized carbons (Fsp3) is 0.278. The highest BCUT2D eigenvalue weighted by atomic mass is 35.5. The molecule has 0 unspecified atom stereocenters. The number of hydrogen-bond donors (Lipinski definition) is 3. The van der Waals surface area contributed by atoms with Gasteiger partial charge in [0.2, 0.25) is 0 Å². The maximum atomic E-state index is 13.9. The van der Waals surface area contributed by atoms with E-state index in [4.69, 9.17) is 38.4 Å². The van der Waals surface area contributed by atoms with E-state index >= 15 is 0 Å². The number of halogens is 3. The Balaban J connectivity index is 2.33. The van der Waals surface area contributed by atoms with Crippen LogP contribution in [0.25, 0.3) is 0 Å². The normalized spacial score (nSPS) is 11.8. The molecule has 2 rings (SSSR count). The number of hydrogen-bond acceptors (Lipinski definition) is 2. The van der Waals surface area contributed by atoms with Crippen LogP contribution in [0.2, 0.25) is 10.0 Å². The number of benzene rings is 2. The zero-order chi connectivity index (χ0) is 19.6. The topological polar surface area (TPSA) is 81.4 Å². The molecule has 3 N–H and O–H groups in total. The molecule has 0 aliphatic carbocycles. The molecule has 0 atom stereocenters. The van der Waals surface area contributed by atoms with Gasteiger partial charge in [0.1, 0.15) is 5.82 Å². The van der Waals surface area contributed by atoms with Gasteiger partial charge in [-0.1, -0.05) is 49.2 Å². The molecule has 140 valence electrons. The summed E-state index contributed by atoms with van der Waals surface area (Å²) in [6.07, 6.45) is -0.307. The van der Waals surface area contributed by atoms with Gasteiger partial charge < -0.3 is 15.2 Å². The Bertz CT molecular complexity index is 873. The Morgan fingerprint density at radius 1 is 1.19 bits per heavy atom. The third kappa shape index (κ3) is 5.38. The van der Waals surface area contributed by atoms with Crippen molar-refractivity contribution in [1.82, 2.24) is 0 Å². The standard InChI is InChI=1S/C18H19Cl2FNO3P/c1-10(2)13-5-11(3-4-17(13)21)6-14-15(19)7-12(8-16(14)20)18(22)9-26(23,24)25/h3-5,7-8,10,22H,6,9H2,1-2H3,(H2,23,24,25). The van der Waals surface area contributed by atoms with Gasteiger partial charge in [-0.25, -0.2) is 4.39 Å². The molecular weight excluding hydrogens is 399 g/mol. The molecule has 0 aromatic heterocycles. The second-order valence-corrected chi connectivity index (χ2v) is 8.87. The van der Waals surface area contributed by atoms with E-state index in [0.29, 0.717) is 27.6 Å². The first-order chi connectivity index (χ1) is 12.0. The molecule has 0 heterocycles. The highest BCUT2D eigenvalue weighted by Crippen LogP contribution is 2.36. The molecule has 2 aromatic carbocycles. The second kappa shape index (κ2) is 8.20. The lowest BCUT2D eigenvalue weighted by Crippen LogP contribution is -2.07. The van der Waals surface area contributed by atoms with Gasteiger partial charge in [-0.15, -0.1) is 0 Å². The summed E-state index contributed by atoms with van der Waals surface area (Å²) in [5.74, 6) is -0.224. The highest BCUT2D eigenvalue weighted by Gasteiger charge is 2.19. The monoisotopic (exact) mass is 417 g/mol. The maximum Gasteiger partial charge on any atom is 0.331 e. The molecule has 0 aliphatic heterocycles. The molecule has 8 heteroatoms. The third-order valence-electron chi connectivity index (χ3n) is 3.92. The lowest BCUT2D eigenvalue weighted by molar-refractivity contribution is 0.378. The molecule has 0 saturated carbocycles. The smallest absolute Gasteiger partial charge is 0.324 e. The van der Waals surface area contributed by atoms with Gasteiger partial charge >= 0.3 is 7.60 Å². The molecule has 0 bridgehead atoms. The van der Waals surface area contributed by atoms with Gasteiger partial charge in [0.25, 0.3) is 0 Å². The molecule has 4 nitrogen and oxygen atoms in total. The summed E-state index contributed by atoms with van der Waals surface area (Å²) in [5, 5.41) is 8.40. The molecule has 2 aromatic rings. The van der Waals surface area contributed by atoms with Crippen molar-refractivity contribution in [3.05, 3.63) is 68.4 Å². The first-order valence-electron chi connectivity index (χ1n) is 7.86. The molecule has 0 aliphatic rings. The molecule has 0 spiro atoms. The van der Waals surface area contributed by atoms with Gasteiger partial charge in [0.05, 0.1) is 11.9 Å². The quantitative estimate of drug-likeness (QED) is 0.435. The Morgan fingerprint density at radius 3 is 2.27 bits per heavy atom.